The maximum absolute atomic E-state index is 10.9. The Hall–Kier alpha value is -3.53. The van der Waals surface area contributed by atoms with E-state index >= 15 is 0 Å². The van der Waals surface area contributed by atoms with Gasteiger partial charge in [0.15, 0.2) is 11.6 Å². The topological polar surface area (TPSA) is 119 Å². The van der Waals surface area contributed by atoms with Crippen molar-refractivity contribution in [3.8, 4) is 11.5 Å². The summed E-state index contributed by atoms with van der Waals surface area (Å²) in [6, 6.07) is 13.1. The Kier molecular flexibility index (Phi) is 5.04. The van der Waals surface area contributed by atoms with Crippen molar-refractivity contribution in [1.82, 2.24) is 14.9 Å². The molecule has 0 amide bonds. The molecule has 3 aromatic rings. The van der Waals surface area contributed by atoms with Crippen molar-refractivity contribution < 1.29 is 14.8 Å². The molecule has 0 radical (unpaired) electrons. The standard InChI is InChI=1S/C16H13N5O4S/c22-14-7-6-11(8-13(14)21(23)24)9-17-20-15(18-19-16(20)26)10-25-12-4-2-1-3-5-12/h1-9,22H,10H2,(H,19,26)/b17-9-. The Bertz CT molecular complexity index is 1010. The van der Waals surface area contributed by atoms with Gasteiger partial charge in [-0.3, -0.25) is 10.1 Å². The Balaban J connectivity index is 1.81. The zero-order chi connectivity index (χ0) is 18.5. The van der Waals surface area contributed by atoms with E-state index in [1.165, 1.54) is 29.1 Å². The van der Waals surface area contributed by atoms with Crippen LogP contribution in [0.25, 0.3) is 0 Å². The molecule has 1 aromatic heterocycles. The number of phenols is 1. The number of nitro benzene ring substituents is 1. The Morgan fingerprint density at radius 3 is 2.85 bits per heavy atom. The number of nitro groups is 1. The van der Waals surface area contributed by atoms with Gasteiger partial charge in [-0.2, -0.15) is 14.9 Å². The van der Waals surface area contributed by atoms with E-state index in [9.17, 15) is 15.2 Å². The molecule has 0 atom stereocenters. The van der Waals surface area contributed by atoms with Gasteiger partial charge in [-0.25, -0.2) is 5.10 Å². The number of phenolic OH excluding ortho intramolecular Hbond substituents is 1. The summed E-state index contributed by atoms with van der Waals surface area (Å²) in [4.78, 5) is 10.2. The number of nitrogens with zero attached hydrogens (tertiary/aromatic N) is 4. The molecule has 0 aliphatic rings. The quantitative estimate of drug-likeness (QED) is 0.298. The monoisotopic (exact) mass is 371 g/mol. The number of H-pyrrole nitrogens is 1. The Morgan fingerprint density at radius 2 is 2.12 bits per heavy atom. The molecule has 0 fully saturated rings. The third-order valence-corrected chi connectivity index (χ3v) is 3.61. The Morgan fingerprint density at radius 1 is 1.35 bits per heavy atom. The summed E-state index contributed by atoms with van der Waals surface area (Å²) < 4.78 is 7.23. The van der Waals surface area contributed by atoms with E-state index in [-0.39, 0.29) is 11.4 Å². The highest BCUT2D eigenvalue weighted by atomic mass is 32.1. The maximum atomic E-state index is 10.9. The van der Waals surface area contributed by atoms with Crippen molar-refractivity contribution in [3.05, 3.63) is 74.8 Å². The average Bonchev–Trinajstić information content (AvgIpc) is 2.99. The highest BCUT2D eigenvalue weighted by Crippen LogP contribution is 2.25. The smallest absolute Gasteiger partial charge is 0.311 e. The van der Waals surface area contributed by atoms with Crippen LogP contribution in [0.1, 0.15) is 11.4 Å². The number of aromatic amines is 1. The van der Waals surface area contributed by atoms with E-state index < -0.39 is 16.4 Å². The van der Waals surface area contributed by atoms with Crippen LogP contribution in [-0.4, -0.2) is 31.1 Å². The van der Waals surface area contributed by atoms with Crippen LogP contribution >= 0.6 is 12.2 Å². The Labute approximate surface area is 152 Å². The van der Waals surface area contributed by atoms with Crippen molar-refractivity contribution in [2.75, 3.05) is 0 Å². The predicted octanol–water partition coefficient (Wildman–Crippen LogP) is 3.02. The largest absolute Gasteiger partial charge is 0.502 e. The normalized spacial score (nSPS) is 10.9. The molecule has 10 heteroatoms. The number of benzene rings is 2. The van der Waals surface area contributed by atoms with Crippen molar-refractivity contribution in [2.24, 2.45) is 5.10 Å². The summed E-state index contributed by atoms with van der Waals surface area (Å²) in [5.74, 6) is 0.693. The molecule has 2 aromatic carbocycles. The molecular weight excluding hydrogens is 358 g/mol. The van der Waals surface area contributed by atoms with Crippen molar-refractivity contribution >= 4 is 24.1 Å². The molecule has 0 aliphatic heterocycles. The molecule has 26 heavy (non-hydrogen) atoms. The maximum Gasteiger partial charge on any atom is 0.311 e. The fourth-order valence-corrected chi connectivity index (χ4v) is 2.29. The molecule has 1 heterocycles. The van der Waals surface area contributed by atoms with Crippen LogP contribution in [0, 0.1) is 14.9 Å². The molecule has 0 unspecified atom stereocenters. The molecule has 3 rings (SSSR count). The fraction of sp³-hybridized carbons (Fsp3) is 0.0625. The predicted molar refractivity (Wildman–Crippen MR) is 95.9 cm³/mol. The van der Waals surface area contributed by atoms with Gasteiger partial charge in [-0.15, -0.1) is 0 Å². The second-order valence-electron chi connectivity index (χ2n) is 5.11. The zero-order valence-corrected chi connectivity index (χ0v) is 14.1. The lowest BCUT2D eigenvalue weighted by molar-refractivity contribution is -0.385. The van der Waals surface area contributed by atoms with Crippen LogP contribution in [-0.2, 0) is 6.61 Å². The zero-order valence-electron chi connectivity index (χ0n) is 13.3. The van der Waals surface area contributed by atoms with Crippen LogP contribution in [0.15, 0.2) is 53.6 Å². The van der Waals surface area contributed by atoms with Gasteiger partial charge < -0.3 is 9.84 Å². The van der Waals surface area contributed by atoms with E-state index in [1.807, 2.05) is 30.3 Å². The first-order valence-corrected chi connectivity index (χ1v) is 7.81. The lowest BCUT2D eigenvalue weighted by Crippen LogP contribution is -2.04. The minimum absolute atomic E-state index is 0.129. The number of nitrogens with one attached hydrogen (secondary N) is 1. The van der Waals surface area contributed by atoms with Crippen molar-refractivity contribution in [2.45, 2.75) is 6.61 Å². The first kappa shape index (κ1) is 17.3. The summed E-state index contributed by atoms with van der Waals surface area (Å²) in [6.07, 6.45) is 1.38. The SMILES string of the molecule is O=[N+]([O-])c1cc(/C=N\n2c(COc3ccccc3)n[nH]c2=S)ccc1O. The highest BCUT2D eigenvalue weighted by molar-refractivity contribution is 7.71. The minimum atomic E-state index is -0.671. The molecule has 0 saturated carbocycles. The number of hydrogen-bond acceptors (Lipinski definition) is 7. The summed E-state index contributed by atoms with van der Waals surface area (Å²) >= 11 is 5.13. The lowest BCUT2D eigenvalue weighted by Gasteiger charge is -2.05. The second kappa shape index (κ2) is 7.57. The molecule has 0 saturated heterocycles. The van der Waals surface area contributed by atoms with Crippen LogP contribution in [0.4, 0.5) is 5.69 Å². The van der Waals surface area contributed by atoms with Crippen molar-refractivity contribution in [1.29, 1.82) is 0 Å². The van der Waals surface area contributed by atoms with Crippen molar-refractivity contribution in [3.63, 3.8) is 0 Å². The third kappa shape index (κ3) is 3.92. The van der Waals surface area contributed by atoms with E-state index in [4.69, 9.17) is 17.0 Å². The van der Waals surface area contributed by atoms with Crippen LogP contribution in [0.3, 0.4) is 0 Å². The van der Waals surface area contributed by atoms with Gasteiger partial charge in [0, 0.05) is 11.6 Å². The summed E-state index contributed by atoms with van der Waals surface area (Å²) in [6.45, 7) is 0.129. The molecule has 132 valence electrons. The number of aromatic nitrogens is 3. The number of hydrogen-bond donors (Lipinski definition) is 2. The van der Waals surface area contributed by atoms with E-state index in [2.05, 4.69) is 15.3 Å². The van der Waals surface area contributed by atoms with E-state index in [0.717, 1.165) is 0 Å². The summed E-state index contributed by atoms with van der Waals surface area (Å²) in [5, 5.41) is 31.2. The average molecular weight is 371 g/mol. The van der Waals surface area contributed by atoms with Gasteiger partial charge in [-0.05, 0) is 36.5 Å². The van der Waals surface area contributed by atoms with Gasteiger partial charge in [0.05, 0.1) is 11.1 Å². The first-order valence-electron chi connectivity index (χ1n) is 7.40. The van der Waals surface area contributed by atoms with Gasteiger partial charge in [0.1, 0.15) is 12.4 Å². The third-order valence-electron chi connectivity index (χ3n) is 3.35. The summed E-state index contributed by atoms with van der Waals surface area (Å²) in [5.41, 5.74) is 0.0184. The van der Waals surface area contributed by atoms with Gasteiger partial charge in [0.25, 0.3) is 0 Å². The highest BCUT2D eigenvalue weighted by Gasteiger charge is 2.13. The van der Waals surface area contributed by atoms with E-state index in [0.29, 0.717) is 17.1 Å². The number of para-hydroxylation sites is 1. The number of ether oxygens (including phenoxy) is 1. The summed E-state index contributed by atoms with van der Waals surface area (Å²) in [7, 11) is 0. The van der Waals surface area contributed by atoms with Crippen LogP contribution in [0.5, 0.6) is 11.5 Å². The lowest BCUT2D eigenvalue weighted by atomic mass is 10.2. The van der Waals surface area contributed by atoms with Crippen LogP contribution in [0.2, 0.25) is 0 Å². The number of rotatable bonds is 6. The van der Waals surface area contributed by atoms with Crippen LogP contribution < -0.4 is 4.74 Å². The number of aromatic hydroxyl groups is 1. The first-order chi connectivity index (χ1) is 12.5. The molecular formula is C16H13N5O4S. The van der Waals surface area contributed by atoms with Gasteiger partial charge in [-0.1, -0.05) is 18.2 Å². The fourth-order valence-electron chi connectivity index (χ4n) is 2.09. The molecule has 9 nitrogen and oxygen atoms in total. The molecule has 0 spiro atoms. The minimum Gasteiger partial charge on any atom is -0.502 e. The second-order valence-corrected chi connectivity index (χ2v) is 5.50. The molecule has 2 N–H and O–H groups in total. The van der Waals surface area contributed by atoms with E-state index in [1.54, 1.807) is 0 Å². The van der Waals surface area contributed by atoms with Gasteiger partial charge >= 0.3 is 5.69 Å². The van der Waals surface area contributed by atoms with Gasteiger partial charge in [0.2, 0.25) is 4.77 Å². The molecule has 0 aliphatic carbocycles. The molecule has 0 bridgehead atoms.